The van der Waals surface area contributed by atoms with Crippen molar-refractivity contribution in [3.8, 4) is 5.75 Å². The van der Waals surface area contributed by atoms with Crippen LogP contribution in [0.2, 0.25) is 0 Å². The van der Waals surface area contributed by atoms with Crippen LogP contribution in [-0.4, -0.2) is 15.0 Å². The monoisotopic (exact) mass is 288 g/mol. The summed E-state index contributed by atoms with van der Waals surface area (Å²) in [6, 6.07) is 1.55. The molecule has 0 fully saturated rings. The van der Waals surface area contributed by atoms with E-state index < -0.39 is 9.05 Å². The summed E-state index contributed by atoms with van der Waals surface area (Å²) >= 11 is 0. The van der Waals surface area contributed by atoms with E-state index in [0.29, 0.717) is 12.2 Å². The van der Waals surface area contributed by atoms with Gasteiger partial charge < -0.3 is 4.74 Å². The predicted molar refractivity (Wildman–Crippen MR) is 74.0 cm³/mol. The van der Waals surface area contributed by atoms with Crippen LogP contribution in [-0.2, 0) is 9.05 Å². The van der Waals surface area contributed by atoms with E-state index in [0.717, 1.165) is 16.9 Å². The second-order valence-corrected chi connectivity index (χ2v) is 6.62. The van der Waals surface area contributed by atoms with E-state index >= 15 is 0 Å². The van der Waals surface area contributed by atoms with Crippen LogP contribution < -0.4 is 4.74 Å². The molecule has 0 amide bonds. The third kappa shape index (κ3) is 3.27. The van der Waals surface area contributed by atoms with Crippen LogP contribution >= 0.6 is 10.7 Å². The lowest BCUT2D eigenvalue weighted by atomic mass is 10.1. The van der Waals surface area contributed by atoms with Gasteiger partial charge >= 0.3 is 0 Å². The summed E-state index contributed by atoms with van der Waals surface area (Å²) < 4.78 is 28.5. The lowest BCUT2D eigenvalue weighted by Gasteiger charge is -2.15. The largest absolute Gasteiger partial charge is 0.489 e. The molecule has 3 nitrogen and oxygen atoms in total. The van der Waals surface area contributed by atoms with Crippen LogP contribution in [0, 0.1) is 20.8 Å². The highest BCUT2D eigenvalue weighted by Crippen LogP contribution is 2.32. The molecule has 0 N–H and O–H groups in total. The Labute approximate surface area is 113 Å². The molecule has 1 rings (SSSR count). The summed E-state index contributed by atoms with van der Waals surface area (Å²) in [7, 11) is 1.69. The molecule has 100 valence electrons. The molecule has 0 unspecified atom stereocenters. The lowest BCUT2D eigenvalue weighted by molar-refractivity contribution is 0.357. The van der Waals surface area contributed by atoms with Gasteiger partial charge in [-0.05, 0) is 50.5 Å². The molecule has 0 aliphatic carbocycles. The third-order valence-electron chi connectivity index (χ3n) is 2.80. The molecular weight excluding hydrogens is 272 g/mol. The Morgan fingerprint density at radius 2 is 1.89 bits per heavy atom. The Morgan fingerprint density at radius 3 is 2.39 bits per heavy atom. The number of halogens is 1. The van der Waals surface area contributed by atoms with E-state index in [4.69, 9.17) is 15.4 Å². The van der Waals surface area contributed by atoms with Crippen molar-refractivity contribution in [2.45, 2.75) is 32.6 Å². The highest BCUT2D eigenvalue weighted by Gasteiger charge is 2.19. The SMILES string of the molecule is C/C=C/COc1c(C)cc(S(=O)(=O)Cl)c(C)c1C. The number of hydrogen-bond acceptors (Lipinski definition) is 3. The molecule has 0 aliphatic heterocycles. The van der Waals surface area contributed by atoms with Gasteiger partial charge in [0.15, 0.2) is 0 Å². The van der Waals surface area contributed by atoms with Crippen molar-refractivity contribution in [1.82, 2.24) is 0 Å². The van der Waals surface area contributed by atoms with Gasteiger partial charge in [0.25, 0.3) is 9.05 Å². The number of benzene rings is 1. The summed E-state index contributed by atoms with van der Waals surface area (Å²) in [5.74, 6) is 0.717. The van der Waals surface area contributed by atoms with Crippen molar-refractivity contribution in [3.05, 3.63) is 34.9 Å². The molecule has 1 aromatic carbocycles. The molecule has 18 heavy (non-hydrogen) atoms. The number of rotatable bonds is 4. The fourth-order valence-corrected chi connectivity index (χ4v) is 3.04. The standard InChI is InChI=1S/C13H17ClO3S/c1-5-6-7-17-13-9(2)8-12(18(14,15)16)10(3)11(13)4/h5-6,8H,7H2,1-4H3/b6-5+. The first-order valence-corrected chi connectivity index (χ1v) is 7.89. The summed E-state index contributed by atoms with van der Waals surface area (Å²) in [5, 5.41) is 0. The van der Waals surface area contributed by atoms with E-state index in [-0.39, 0.29) is 4.90 Å². The molecule has 0 saturated heterocycles. The molecule has 1 aromatic rings. The van der Waals surface area contributed by atoms with Crippen LogP contribution in [0.4, 0.5) is 0 Å². The summed E-state index contributed by atoms with van der Waals surface area (Å²) in [6.07, 6.45) is 3.79. The summed E-state index contributed by atoms with van der Waals surface area (Å²) in [6.45, 7) is 7.75. The first-order valence-electron chi connectivity index (χ1n) is 5.58. The predicted octanol–water partition coefficient (Wildman–Crippen LogP) is 3.49. The van der Waals surface area contributed by atoms with Crippen LogP contribution in [0.15, 0.2) is 23.1 Å². The number of ether oxygens (including phenoxy) is 1. The normalized spacial score (nSPS) is 12.1. The minimum Gasteiger partial charge on any atom is -0.489 e. The fourth-order valence-electron chi connectivity index (χ4n) is 1.72. The maximum Gasteiger partial charge on any atom is 0.261 e. The molecule has 0 heterocycles. The zero-order valence-corrected chi connectivity index (χ0v) is 12.5. The average Bonchev–Trinajstić information content (AvgIpc) is 2.26. The molecule has 5 heteroatoms. The van der Waals surface area contributed by atoms with Gasteiger partial charge in [0, 0.05) is 10.7 Å². The average molecular weight is 289 g/mol. The van der Waals surface area contributed by atoms with Crippen LogP contribution in [0.5, 0.6) is 5.75 Å². The van der Waals surface area contributed by atoms with Gasteiger partial charge in [0.2, 0.25) is 0 Å². The maximum absolute atomic E-state index is 11.4. The Balaban J connectivity index is 3.29. The van der Waals surface area contributed by atoms with Crippen molar-refractivity contribution >= 4 is 19.7 Å². The molecule has 0 spiro atoms. The number of allylic oxidation sites excluding steroid dienone is 1. The summed E-state index contributed by atoms with van der Waals surface area (Å²) in [5.41, 5.74) is 2.20. The molecule has 0 aromatic heterocycles. The molecule has 0 atom stereocenters. The van der Waals surface area contributed by atoms with E-state index in [1.165, 1.54) is 0 Å². The maximum atomic E-state index is 11.4. The van der Waals surface area contributed by atoms with Crippen LogP contribution in [0.1, 0.15) is 23.6 Å². The Kier molecular flexibility index (Phi) is 4.82. The van der Waals surface area contributed by atoms with Crippen molar-refractivity contribution in [2.24, 2.45) is 0 Å². The first-order chi connectivity index (χ1) is 8.29. The second kappa shape index (κ2) is 5.76. The van der Waals surface area contributed by atoms with E-state index in [9.17, 15) is 8.42 Å². The molecule has 0 saturated carbocycles. The van der Waals surface area contributed by atoms with Gasteiger partial charge in [-0.15, -0.1) is 0 Å². The Hall–Kier alpha value is -1.00. The van der Waals surface area contributed by atoms with Gasteiger partial charge in [-0.1, -0.05) is 12.2 Å². The second-order valence-electron chi connectivity index (χ2n) is 4.09. The minimum absolute atomic E-state index is 0.151. The van der Waals surface area contributed by atoms with E-state index in [1.807, 2.05) is 32.9 Å². The number of hydrogen-bond donors (Lipinski definition) is 0. The van der Waals surface area contributed by atoms with Crippen molar-refractivity contribution in [1.29, 1.82) is 0 Å². The highest BCUT2D eigenvalue weighted by molar-refractivity contribution is 8.13. The minimum atomic E-state index is -3.72. The quantitative estimate of drug-likeness (QED) is 0.629. The smallest absolute Gasteiger partial charge is 0.261 e. The van der Waals surface area contributed by atoms with Gasteiger partial charge in [-0.3, -0.25) is 0 Å². The van der Waals surface area contributed by atoms with Gasteiger partial charge in [-0.25, -0.2) is 8.42 Å². The highest BCUT2D eigenvalue weighted by atomic mass is 35.7. The van der Waals surface area contributed by atoms with Crippen LogP contribution in [0.3, 0.4) is 0 Å². The molecular formula is C13H17ClO3S. The van der Waals surface area contributed by atoms with Gasteiger partial charge in [0.05, 0.1) is 4.90 Å². The fraction of sp³-hybridized carbons (Fsp3) is 0.385. The zero-order valence-electron chi connectivity index (χ0n) is 11.0. The topological polar surface area (TPSA) is 43.4 Å². The van der Waals surface area contributed by atoms with Crippen molar-refractivity contribution < 1.29 is 13.2 Å². The molecule has 0 aliphatic rings. The molecule has 0 bridgehead atoms. The third-order valence-corrected chi connectivity index (χ3v) is 4.25. The van der Waals surface area contributed by atoms with Gasteiger partial charge in [-0.2, -0.15) is 0 Å². The van der Waals surface area contributed by atoms with Crippen LogP contribution in [0.25, 0.3) is 0 Å². The van der Waals surface area contributed by atoms with Gasteiger partial charge in [0.1, 0.15) is 12.4 Å². The van der Waals surface area contributed by atoms with Crippen molar-refractivity contribution in [2.75, 3.05) is 6.61 Å². The lowest BCUT2D eigenvalue weighted by Crippen LogP contribution is -2.04. The molecule has 0 radical (unpaired) electrons. The Morgan fingerprint density at radius 1 is 1.28 bits per heavy atom. The van der Waals surface area contributed by atoms with E-state index in [1.54, 1.807) is 13.0 Å². The summed E-state index contributed by atoms with van der Waals surface area (Å²) in [4.78, 5) is 0.151. The number of aryl methyl sites for hydroxylation is 1. The van der Waals surface area contributed by atoms with Crippen molar-refractivity contribution in [3.63, 3.8) is 0 Å². The zero-order chi connectivity index (χ0) is 13.9. The first kappa shape index (κ1) is 15.1. The van der Waals surface area contributed by atoms with E-state index in [2.05, 4.69) is 0 Å². The Bertz CT molecular complexity index is 574.